The van der Waals surface area contributed by atoms with Crippen molar-refractivity contribution in [3.05, 3.63) is 53.6 Å². The minimum Gasteiger partial charge on any atom is -0.482 e. The molecule has 0 spiro atoms. The number of ether oxygens (including phenoxy) is 1. The first-order valence-corrected chi connectivity index (χ1v) is 7.58. The molecule has 2 heterocycles. The van der Waals surface area contributed by atoms with Crippen molar-refractivity contribution in [1.82, 2.24) is 20.8 Å². The average Bonchev–Trinajstić information content (AvgIpc) is 2.58. The molecule has 7 nitrogen and oxygen atoms in total. The summed E-state index contributed by atoms with van der Waals surface area (Å²) in [4.78, 5) is 31.7. The third-order valence-electron chi connectivity index (χ3n) is 3.30. The van der Waals surface area contributed by atoms with Gasteiger partial charge in [0.2, 0.25) is 5.91 Å². The number of carbonyl (C=O) groups is 2. The molecule has 2 N–H and O–H groups in total. The minimum atomic E-state index is -0.446. The van der Waals surface area contributed by atoms with Gasteiger partial charge in [0.25, 0.3) is 5.91 Å². The maximum atomic E-state index is 11.7. The van der Waals surface area contributed by atoms with Crippen molar-refractivity contribution in [3.63, 3.8) is 0 Å². The number of aromatic nitrogens is 2. The SMILES string of the molecule is Cc1ccc(OCC(=O)NNC(=O)CCc2ncccc2C)cn1. The van der Waals surface area contributed by atoms with E-state index < -0.39 is 5.91 Å². The summed E-state index contributed by atoms with van der Waals surface area (Å²) < 4.78 is 5.26. The van der Waals surface area contributed by atoms with Gasteiger partial charge in [-0.15, -0.1) is 0 Å². The van der Waals surface area contributed by atoms with Gasteiger partial charge in [-0.2, -0.15) is 0 Å². The summed E-state index contributed by atoms with van der Waals surface area (Å²) in [6, 6.07) is 7.31. The van der Waals surface area contributed by atoms with Crippen molar-refractivity contribution in [2.24, 2.45) is 0 Å². The zero-order valence-corrected chi connectivity index (χ0v) is 13.7. The molecule has 0 aliphatic heterocycles. The monoisotopic (exact) mass is 328 g/mol. The van der Waals surface area contributed by atoms with Crippen LogP contribution in [0.3, 0.4) is 0 Å². The van der Waals surface area contributed by atoms with E-state index in [1.165, 1.54) is 6.20 Å². The molecule has 0 unspecified atom stereocenters. The number of pyridine rings is 2. The maximum absolute atomic E-state index is 11.7. The number of amides is 2. The van der Waals surface area contributed by atoms with Crippen LogP contribution < -0.4 is 15.6 Å². The number of hydrazine groups is 1. The van der Waals surface area contributed by atoms with Gasteiger partial charge < -0.3 is 4.74 Å². The van der Waals surface area contributed by atoms with Crippen LogP contribution in [0.1, 0.15) is 23.4 Å². The second-order valence-corrected chi connectivity index (χ2v) is 5.29. The lowest BCUT2D eigenvalue weighted by Gasteiger charge is -2.09. The molecule has 0 saturated heterocycles. The molecular weight excluding hydrogens is 308 g/mol. The van der Waals surface area contributed by atoms with Crippen LogP contribution in [0.2, 0.25) is 0 Å². The van der Waals surface area contributed by atoms with Crippen molar-refractivity contribution in [3.8, 4) is 5.75 Å². The van der Waals surface area contributed by atoms with E-state index in [2.05, 4.69) is 20.8 Å². The van der Waals surface area contributed by atoms with Gasteiger partial charge in [-0.25, -0.2) is 0 Å². The Morgan fingerprint density at radius 2 is 1.88 bits per heavy atom. The van der Waals surface area contributed by atoms with Crippen LogP contribution in [-0.4, -0.2) is 28.4 Å². The van der Waals surface area contributed by atoms with E-state index >= 15 is 0 Å². The van der Waals surface area contributed by atoms with Crippen molar-refractivity contribution in [1.29, 1.82) is 0 Å². The summed E-state index contributed by atoms with van der Waals surface area (Å²) in [6.45, 7) is 3.60. The zero-order chi connectivity index (χ0) is 17.4. The van der Waals surface area contributed by atoms with Gasteiger partial charge in [0.05, 0.1) is 6.20 Å². The minimum absolute atomic E-state index is 0.204. The standard InChI is InChI=1S/C17H20N4O3/c1-12-4-3-9-18-15(12)7-8-16(22)20-21-17(23)11-24-14-6-5-13(2)19-10-14/h3-6,9-10H,7-8,11H2,1-2H3,(H,20,22)(H,21,23). The van der Waals surface area contributed by atoms with Crippen LogP contribution >= 0.6 is 0 Å². The predicted octanol–water partition coefficient (Wildman–Crippen LogP) is 1.25. The van der Waals surface area contributed by atoms with Crippen LogP contribution in [-0.2, 0) is 16.0 Å². The fourth-order valence-corrected chi connectivity index (χ4v) is 1.94. The lowest BCUT2D eigenvalue weighted by molar-refractivity contribution is -0.130. The largest absolute Gasteiger partial charge is 0.482 e. The lowest BCUT2D eigenvalue weighted by Crippen LogP contribution is -2.43. The van der Waals surface area contributed by atoms with Crippen molar-refractivity contribution < 1.29 is 14.3 Å². The first kappa shape index (κ1) is 17.4. The lowest BCUT2D eigenvalue weighted by atomic mass is 10.1. The molecule has 7 heteroatoms. The van der Waals surface area contributed by atoms with Gasteiger partial charge in [-0.3, -0.25) is 30.4 Å². The summed E-state index contributed by atoms with van der Waals surface area (Å²) in [5.41, 5.74) is 7.44. The van der Waals surface area contributed by atoms with E-state index in [1.807, 2.05) is 26.0 Å². The molecule has 0 radical (unpaired) electrons. The smallest absolute Gasteiger partial charge is 0.276 e. The fourth-order valence-electron chi connectivity index (χ4n) is 1.94. The highest BCUT2D eigenvalue weighted by molar-refractivity contribution is 5.82. The number of aryl methyl sites for hydroxylation is 3. The van der Waals surface area contributed by atoms with Gasteiger partial charge in [-0.05, 0) is 44.0 Å². The van der Waals surface area contributed by atoms with E-state index in [9.17, 15) is 9.59 Å². The van der Waals surface area contributed by atoms with E-state index in [4.69, 9.17) is 4.74 Å². The summed E-state index contributed by atoms with van der Waals surface area (Å²) in [5.74, 6) is -0.240. The molecule has 0 aliphatic carbocycles. The van der Waals surface area contributed by atoms with Gasteiger partial charge in [0.15, 0.2) is 6.61 Å². The maximum Gasteiger partial charge on any atom is 0.276 e. The third-order valence-corrected chi connectivity index (χ3v) is 3.30. The molecule has 2 rings (SSSR count). The number of hydrogen-bond acceptors (Lipinski definition) is 5. The molecule has 126 valence electrons. The first-order valence-electron chi connectivity index (χ1n) is 7.58. The van der Waals surface area contributed by atoms with Gasteiger partial charge >= 0.3 is 0 Å². The quantitative estimate of drug-likeness (QED) is 0.779. The molecular formula is C17H20N4O3. The Morgan fingerprint density at radius 3 is 2.58 bits per heavy atom. The highest BCUT2D eigenvalue weighted by Crippen LogP contribution is 2.08. The fraction of sp³-hybridized carbons (Fsp3) is 0.294. The highest BCUT2D eigenvalue weighted by atomic mass is 16.5. The summed E-state index contributed by atoms with van der Waals surface area (Å²) in [7, 11) is 0. The topological polar surface area (TPSA) is 93.2 Å². The molecule has 0 fully saturated rings. The normalized spacial score (nSPS) is 10.1. The summed E-state index contributed by atoms with van der Waals surface area (Å²) >= 11 is 0. The second kappa shape index (κ2) is 8.61. The molecule has 2 amide bonds. The molecule has 0 aliphatic rings. The Kier molecular flexibility index (Phi) is 6.24. The van der Waals surface area contributed by atoms with Crippen LogP contribution in [0.15, 0.2) is 36.7 Å². The molecule has 2 aromatic heterocycles. The number of carbonyl (C=O) groups excluding carboxylic acids is 2. The van der Waals surface area contributed by atoms with Crippen LogP contribution in [0, 0.1) is 13.8 Å². The second-order valence-electron chi connectivity index (χ2n) is 5.29. The predicted molar refractivity (Wildman–Crippen MR) is 88.0 cm³/mol. The summed E-state index contributed by atoms with van der Waals surface area (Å²) in [5, 5.41) is 0. The Hall–Kier alpha value is -2.96. The number of nitrogens with one attached hydrogen (secondary N) is 2. The van der Waals surface area contributed by atoms with Crippen LogP contribution in [0.5, 0.6) is 5.75 Å². The Bertz CT molecular complexity index is 701. The van der Waals surface area contributed by atoms with E-state index in [-0.39, 0.29) is 18.9 Å². The van der Waals surface area contributed by atoms with Crippen molar-refractivity contribution in [2.45, 2.75) is 26.7 Å². The van der Waals surface area contributed by atoms with E-state index in [1.54, 1.807) is 18.3 Å². The van der Waals surface area contributed by atoms with Gasteiger partial charge in [-0.1, -0.05) is 6.07 Å². The van der Waals surface area contributed by atoms with Crippen LogP contribution in [0.4, 0.5) is 0 Å². The molecule has 24 heavy (non-hydrogen) atoms. The molecule has 0 atom stereocenters. The van der Waals surface area contributed by atoms with Crippen molar-refractivity contribution in [2.75, 3.05) is 6.61 Å². The van der Waals surface area contributed by atoms with E-state index in [0.717, 1.165) is 17.0 Å². The highest BCUT2D eigenvalue weighted by Gasteiger charge is 2.07. The van der Waals surface area contributed by atoms with Crippen LogP contribution in [0.25, 0.3) is 0 Å². The Balaban J connectivity index is 1.66. The van der Waals surface area contributed by atoms with Gasteiger partial charge in [0, 0.05) is 24.0 Å². The Labute approximate surface area is 140 Å². The molecule has 2 aromatic rings. The molecule has 0 saturated carbocycles. The first-order chi connectivity index (χ1) is 11.5. The molecule has 0 aromatic carbocycles. The van der Waals surface area contributed by atoms with E-state index in [0.29, 0.717) is 12.2 Å². The average molecular weight is 328 g/mol. The number of hydrogen-bond donors (Lipinski definition) is 2. The number of nitrogens with zero attached hydrogens (tertiary/aromatic N) is 2. The number of rotatable bonds is 6. The Morgan fingerprint density at radius 1 is 1.08 bits per heavy atom. The summed E-state index contributed by atoms with van der Waals surface area (Å²) in [6.07, 6.45) is 3.98. The zero-order valence-electron chi connectivity index (χ0n) is 13.7. The van der Waals surface area contributed by atoms with Gasteiger partial charge in [0.1, 0.15) is 5.75 Å². The third kappa shape index (κ3) is 5.68. The molecule has 0 bridgehead atoms. The van der Waals surface area contributed by atoms with Crippen molar-refractivity contribution >= 4 is 11.8 Å².